The Morgan fingerprint density at radius 3 is 2.73 bits per heavy atom. The van der Waals surface area contributed by atoms with Crippen LogP contribution in [0.15, 0.2) is 54.6 Å². The molecular weight excluding hydrogens is 436 g/mol. The minimum atomic E-state index is -0.393. The molecule has 170 valence electrons. The van der Waals surface area contributed by atoms with Gasteiger partial charge in [0.15, 0.2) is 5.13 Å². The van der Waals surface area contributed by atoms with Gasteiger partial charge >= 0.3 is 0 Å². The molecule has 0 radical (unpaired) electrons. The van der Waals surface area contributed by atoms with Crippen molar-refractivity contribution in [2.75, 3.05) is 30.4 Å². The molecular formula is C25H26N4O3S. The molecule has 1 aromatic heterocycles. The highest BCUT2D eigenvalue weighted by Crippen LogP contribution is 2.31. The maximum absolute atomic E-state index is 12.9. The van der Waals surface area contributed by atoms with Crippen LogP contribution in [0.25, 0.3) is 0 Å². The first kappa shape index (κ1) is 21.6. The number of carbonyl (C=O) groups excluding carboxylic acids is 2. The van der Waals surface area contributed by atoms with Crippen LogP contribution in [0.4, 0.5) is 10.8 Å². The fraction of sp³-hybridized carbons (Fsp3) is 0.320. The van der Waals surface area contributed by atoms with E-state index in [2.05, 4.69) is 39.5 Å². The van der Waals surface area contributed by atoms with Gasteiger partial charge in [0.25, 0.3) is 0 Å². The molecule has 2 aliphatic rings. The lowest BCUT2D eigenvalue weighted by atomic mass is 10.1. The van der Waals surface area contributed by atoms with Crippen LogP contribution in [0.5, 0.6) is 5.75 Å². The summed E-state index contributed by atoms with van der Waals surface area (Å²) in [6, 6.07) is 17.8. The first-order chi connectivity index (χ1) is 16.1. The summed E-state index contributed by atoms with van der Waals surface area (Å²) in [5.74, 6) is 0.145. The van der Waals surface area contributed by atoms with Crippen molar-refractivity contribution in [3.05, 3.63) is 70.7 Å². The number of aromatic nitrogens is 1. The summed E-state index contributed by atoms with van der Waals surface area (Å²) in [4.78, 5) is 35.4. The monoisotopic (exact) mass is 462 g/mol. The molecule has 5 rings (SSSR count). The molecule has 1 atom stereocenters. The van der Waals surface area contributed by atoms with E-state index in [1.807, 2.05) is 30.3 Å². The summed E-state index contributed by atoms with van der Waals surface area (Å²) < 4.78 is 5.18. The molecule has 7 nitrogen and oxygen atoms in total. The fourth-order valence-corrected chi connectivity index (χ4v) is 5.43. The Bertz CT molecular complexity index is 1150. The van der Waals surface area contributed by atoms with E-state index in [-0.39, 0.29) is 18.2 Å². The van der Waals surface area contributed by atoms with Gasteiger partial charge in [0.05, 0.1) is 18.7 Å². The van der Waals surface area contributed by atoms with Crippen LogP contribution in [0.2, 0.25) is 0 Å². The van der Waals surface area contributed by atoms with Crippen LogP contribution in [-0.2, 0) is 29.1 Å². The number of hydrogen-bond donors (Lipinski definition) is 1. The lowest BCUT2D eigenvalue weighted by Gasteiger charge is -2.25. The molecule has 1 saturated heterocycles. The van der Waals surface area contributed by atoms with Crippen LogP contribution in [0.3, 0.4) is 0 Å². The van der Waals surface area contributed by atoms with Crippen molar-refractivity contribution in [1.82, 2.24) is 9.88 Å². The summed E-state index contributed by atoms with van der Waals surface area (Å²) in [6.07, 6.45) is 1.08. The average Bonchev–Trinajstić information content (AvgIpc) is 3.42. The summed E-state index contributed by atoms with van der Waals surface area (Å²) in [5, 5.41) is 3.59. The summed E-state index contributed by atoms with van der Waals surface area (Å²) in [6.45, 7) is 3.07. The maximum atomic E-state index is 12.9. The molecule has 1 fully saturated rings. The number of nitrogens with one attached hydrogen (secondary N) is 1. The minimum absolute atomic E-state index is 0.0460. The number of benzene rings is 2. The van der Waals surface area contributed by atoms with Crippen molar-refractivity contribution in [1.29, 1.82) is 0 Å². The molecule has 1 N–H and O–H groups in total. The fourth-order valence-electron chi connectivity index (χ4n) is 4.38. The number of carbonyl (C=O) groups is 2. The van der Waals surface area contributed by atoms with E-state index in [1.54, 1.807) is 23.3 Å². The van der Waals surface area contributed by atoms with Crippen molar-refractivity contribution >= 4 is 34.0 Å². The quantitative estimate of drug-likeness (QED) is 0.605. The van der Waals surface area contributed by atoms with E-state index in [9.17, 15) is 9.59 Å². The Morgan fingerprint density at radius 2 is 1.97 bits per heavy atom. The number of hydrogen-bond acceptors (Lipinski definition) is 6. The summed E-state index contributed by atoms with van der Waals surface area (Å²) in [5.41, 5.74) is 3.15. The van der Waals surface area contributed by atoms with Gasteiger partial charge in [0.2, 0.25) is 11.8 Å². The predicted octanol–water partition coefficient (Wildman–Crippen LogP) is 3.70. The molecule has 0 saturated carbocycles. The Hall–Kier alpha value is -3.23. The second-order valence-electron chi connectivity index (χ2n) is 8.43. The molecule has 2 aromatic carbocycles. The van der Waals surface area contributed by atoms with E-state index >= 15 is 0 Å². The van der Waals surface area contributed by atoms with Gasteiger partial charge in [-0.15, -0.1) is 11.3 Å². The molecule has 1 unspecified atom stereocenters. The first-order valence-corrected chi connectivity index (χ1v) is 11.9. The molecule has 2 aliphatic heterocycles. The van der Waals surface area contributed by atoms with E-state index in [0.717, 1.165) is 43.2 Å². The minimum Gasteiger partial charge on any atom is -0.497 e. The van der Waals surface area contributed by atoms with Crippen molar-refractivity contribution in [3.8, 4) is 5.75 Å². The SMILES string of the molecule is COc1ccc(N2CC(C(=O)Nc3nc4c(s3)CN(Cc3ccccc3)CC4)CC2=O)cc1. The molecule has 0 bridgehead atoms. The number of methoxy groups -OCH3 is 1. The van der Waals surface area contributed by atoms with Crippen molar-refractivity contribution in [3.63, 3.8) is 0 Å². The van der Waals surface area contributed by atoms with Gasteiger partial charge < -0.3 is 15.0 Å². The zero-order valence-corrected chi connectivity index (χ0v) is 19.3. The third-order valence-corrected chi connectivity index (χ3v) is 7.17. The van der Waals surface area contributed by atoms with Crippen LogP contribution in [0, 0.1) is 5.92 Å². The molecule has 3 heterocycles. The van der Waals surface area contributed by atoms with Crippen LogP contribution in [-0.4, -0.2) is 41.9 Å². The molecule has 0 spiro atoms. The zero-order valence-electron chi connectivity index (χ0n) is 18.5. The highest BCUT2D eigenvalue weighted by atomic mass is 32.1. The van der Waals surface area contributed by atoms with Crippen molar-refractivity contribution in [2.24, 2.45) is 5.92 Å². The van der Waals surface area contributed by atoms with E-state index < -0.39 is 5.92 Å². The summed E-state index contributed by atoms with van der Waals surface area (Å²) in [7, 11) is 1.60. The zero-order chi connectivity index (χ0) is 22.8. The van der Waals surface area contributed by atoms with Gasteiger partial charge in [-0.1, -0.05) is 30.3 Å². The van der Waals surface area contributed by atoms with Gasteiger partial charge in [-0.05, 0) is 29.8 Å². The van der Waals surface area contributed by atoms with E-state index in [1.165, 1.54) is 10.4 Å². The topological polar surface area (TPSA) is 74.8 Å². The largest absolute Gasteiger partial charge is 0.497 e. The number of fused-ring (bicyclic) bond motifs is 1. The first-order valence-electron chi connectivity index (χ1n) is 11.1. The third-order valence-electron chi connectivity index (χ3n) is 6.17. The third kappa shape index (κ3) is 4.77. The predicted molar refractivity (Wildman–Crippen MR) is 128 cm³/mol. The molecule has 33 heavy (non-hydrogen) atoms. The number of anilines is 2. The molecule has 8 heteroatoms. The second kappa shape index (κ2) is 9.33. The van der Waals surface area contributed by atoms with E-state index in [0.29, 0.717) is 11.7 Å². The highest BCUT2D eigenvalue weighted by molar-refractivity contribution is 7.15. The lowest BCUT2D eigenvalue weighted by Crippen LogP contribution is -2.29. The lowest BCUT2D eigenvalue weighted by molar-refractivity contribution is -0.122. The maximum Gasteiger partial charge on any atom is 0.231 e. The summed E-state index contributed by atoms with van der Waals surface area (Å²) >= 11 is 1.54. The Balaban J connectivity index is 1.20. The smallest absolute Gasteiger partial charge is 0.231 e. The molecule has 3 aromatic rings. The van der Waals surface area contributed by atoms with Crippen LogP contribution in [0.1, 0.15) is 22.6 Å². The molecule has 2 amide bonds. The van der Waals surface area contributed by atoms with Crippen LogP contribution < -0.4 is 15.0 Å². The number of nitrogens with zero attached hydrogens (tertiary/aromatic N) is 3. The standard InChI is InChI=1S/C25H26N4O3S/c1-32-20-9-7-19(8-10-20)29-15-18(13-23(29)30)24(31)27-25-26-21-11-12-28(16-22(21)33-25)14-17-5-3-2-4-6-17/h2-10,18H,11-16H2,1H3,(H,26,27,31). The Kier molecular flexibility index (Phi) is 6.11. The van der Waals surface area contributed by atoms with E-state index in [4.69, 9.17) is 4.74 Å². The Morgan fingerprint density at radius 1 is 1.18 bits per heavy atom. The van der Waals surface area contributed by atoms with Gasteiger partial charge in [-0.25, -0.2) is 4.98 Å². The van der Waals surface area contributed by atoms with Gasteiger partial charge in [-0.3, -0.25) is 14.5 Å². The Labute approximate surface area is 197 Å². The van der Waals surface area contributed by atoms with Crippen LogP contribution >= 0.6 is 11.3 Å². The number of rotatable bonds is 6. The molecule has 0 aliphatic carbocycles. The van der Waals surface area contributed by atoms with Gasteiger partial charge in [-0.2, -0.15) is 0 Å². The van der Waals surface area contributed by atoms with Crippen molar-refractivity contribution in [2.45, 2.75) is 25.9 Å². The number of ether oxygens (including phenoxy) is 1. The number of amides is 2. The van der Waals surface area contributed by atoms with Crippen molar-refractivity contribution < 1.29 is 14.3 Å². The average molecular weight is 463 g/mol. The van der Waals surface area contributed by atoms with Gasteiger partial charge in [0, 0.05) is 49.6 Å². The highest BCUT2D eigenvalue weighted by Gasteiger charge is 2.35. The second-order valence-corrected chi connectivity index (χ2v) is 9.51. The number of thiazole rings is 1. The van der Waals surface area contributed by atoms with Gasteiger partial charge in [0.1, 0.15) is 5.75 Å². The normalized spacial score (nSPS) is 18.3.